The molecule has 2 atom stereocenters. The van der Waals surface area contributed by atoms with E-state index in [4.69, 9.17) is 0 Å². The number of hydrogen-bond acceptors (Lipinski definition) is 3. The average molecular weight is 248 g/mol. The molecule has 1 heterocycles. The van der Waals surface area contributed by atoms with E-state index in [0.717, 1.165) is 12.2 Å². The number of para-hydroxylation sites is 1. The molecule has 0 saturated carbocycles. The lowest BCUT2D eigenvalue weighted by Crippen LogP contribution is -2.46. The summed E-state index contributed by atoms with van der Waals surface area (Å²) in [4.78, 5) is 16.2. The fraction of sp³-hybridized carbons (Fsp3) is 0.500. The van der Waals surface area contributed by atoms with Gasteiger partial charge in [-0.15, -0.1) is 0 Å². The van der Waals surface area contributed by atoms with Gasteiger partial charge in [-0.3, -0.25) is 9.69 Å². The van der Waals surface area contributed by atoms with Crippen molar-refractivity contribution in [2.24, 2.45) is 5.92 Å². The number of anilines is 1. The Morgan fingerprint density at radius 2 is 1.94 bits per heavy atom. The van der Waals surface area contributed by atoms with Crippen LogP contribution in [0.3, 0.4) is 0 Å². The second-order valence-corrected chi connectivity index (χ2v) is 5.03. The first-order valence-electron chi connectivity index (χ1n) is 6.31. The minimum Gasteiger partial charge on any atom is -0.394 e. The molecule has 0 spiro atoms. The number of carbonyl (C=O) groups is 1. The highest BCUT2D eigenvalue weighted by Gasteiger charge is 2.33. The van der Waals surface area contributed by atoms with Gasteiger partial charge in [-0.25, -0.2) is 0 Å². The molecule has 98 valence electrons. The molecule has 1 saturated heterocycles. The van der Waals surface area contributed by atoms with Crippen LogP contribution >= 0.6 is 0 Å². The number of aliphatic hydroxyl groups is 1. The number of likely N-dealkylation sites (N-methyl/N-ethyl adjacent to an activating group) is 1. The van der Waals surface area contributed by atoms with E-state index in [-0.39, 0.29) is 12.5 Å². The Morgan fingerprint density at radius 3 is 2.56 bits per heavy atom. The van der Waals surface area contributed by atoms with Crippen LogP contribution < -0.4 is 4.90 Å². The van der Waals surface area contributed by atoms with Crippen molar-refractivity contribution in [1.29, 1.82) is 0 Å². The zero-order valence-electron chi connectivity index (χ0n) is 10.9. The van der Waals surface area contributed by atoms with Crippen LogP contribution in [-0.2, 0) is 4.79 Å². The van der Waals surface area contributed by atoms with Crippen molar-refractivity contribution in [3.8, 4) is 0 Å². The summed E-state index contributed by atoms with van der Waals surface area (Å²) >= 11 is 0. The molecular formula is C14H20N2O2. The lowest BCUT2D eigenvalue weighted by Gasteiger charge is -2.26. The topological polar surface area (TPSA) is 43.8 Å². The Balaban J connectivity index is 2.31. The Labute approximate surface area is 108 Å². The van der Waals surface area contributed by atoms with Gasteiger partial charge in [0.25, 0.3) is 0 Å². The van der Waals surface area contributed by atoms with Crippen molar-refractivity contribution >= 4 is 11.6 Å². The van der Waals surface area contributed by atoms with Crippen molar-refractivity contribution in [3.05, 3.63) is 30.3 Å². The predicted octanol–water partition coefficient (Wildman–Crippen LogP) is 0.962. The van der Waals surface area contributed by atoms with Crippen molar-refractivity contribution in [3.63, 3.8) is 0 Å². The number of rotatable bonds is 2. The lowest BCUT2D eigenvalue weighted by molar-refractivity contribution is -0.123. The van der Waals surface area contributed by atoms with Crippen molar-refractivity contribution in [2.45, 2.75) is 13.0 Å². The van der Waals surface area contributed by atoms with Gasteiger partial charge in [-0.1, -0.05) is 25.1 Å². The zero-order chi connectivity index (χ0) is 13.1. The molecule has 1 N–H and O–H groups in total. The number of benzene rings is 1. The lowest BCUT2D eigenvalue weighted by atomic mass is 10.1. The smallest absolute Gasteiger partial charge is 0.246 e. The van der Waals surface area contributed by atoms with Crippen molar-refractivity contribution < 1.29 is 9.90 Å². The molecule has 1 fully saturated rings. The van der Waals surface area contributed by atoms with Crippen LogP contribution in [0, 0.1) is 5.92 Å². The summed E-state index contributed by atoms with van der Waals surface area (Å²) in [7, 11) is 1.89. The van der Waals surface area contributed by atoms with E-state index in [1.54, 1.807) is 4.90 Å². The maximum Gasteiger partial charge on any atom is 0.246 e. The fourth-order valence-corrected chi connectivity index (χ4v) is 2.50. The van der Waals surface area contributed by atoms with Crippen molar-refractivity contribution in [2.75, 3.05) is 31.6 Å². The van der Waals surface area contributed by atoms with Crippen molar-refractivity contribution in [1.82, 2.24) is 4.90 Å². The zero-order valence-corrected chi connectivity index (χ0v) is 10.9. The summed E-state index contributed by atoms with van der Waals surface area (Å²) in [6.45, 7) is 3.51. The van der Waals surface area contributed by atoms with Gasteiger partial charge in [0.15, 0.2) is 0 Å². The molecule has 4 heteroatoms. The molecule has 2 rings (SSSR count). The molecule has 0 radical (unpaired) electrons. The molecule has 0 aromatic heterocycles. The van der Waals surface area contributed by atoms with E-state index < -0.39 is 6.04 Å². The summed E-state index contributed by atoms with van der Waals surface area (Å²) < 4.78 is 0. The molecule has 18 heavy (non-hydrogen) atoms. The van der Waals surface area contributed by atoms with Gasteiger partial charge in [0.1, 0.15) is 6.04 Å². The molecule has 1 aliphatic heterocycles. The molecule has 0 aliphatic carbocycles. The highest BCUT2D eigenvalue weighted by molar-refractivity contribution is 5.97. The number of amides is 1. The standard InChI is InChI=1S/C14H20N2O2/c1-11-8-15(2)13(10-17)14(18)16(9-11)12-6-4-3-5-7-12/h3-7,11,13,17H,8-10H2,1-2H3. The quantitative estimate of drug-likeness (QED) is 0.848. The van der Waals surface area contributed by atoms with Gasteiger partial charge in [0.05, 0.1) is 6.61 Å². The molecular weight excluding hydrogens is 228 g/mol. The van der Waals surface area contributed by atoms with Gasteiger partial charge >= 0.3 is 0 Å². The molecule has 0 bridgehead atoms. The van der Waals surface area contributed by atoms with Crippen LogP contribution in [0.5, 0.6) is 0 Å². The summed E-state index contributed by atoms with van der Waals surface area (Å²) in [5.74, 6) is 0.367. The maximum absolute atomic E-state index is 12.5. The molecule has 1 amide bonds. The van der Waals surface area contributed by atoms with E-state index in [9.17, 15) is 9.90 Å². The number of aliphatic hydroxyl groups excluding tert-OH is 1. The van der Waals surface area contributed by atoms with Crippen LogP contribution in [0.4, 0.5) is 5.69 Å². The van der Waals surface area contributed by atoms with Gasteiger partial charge in [0, 0.05) is 18.8 Å². The predicted molar refractivity (Wildman–Crippen MR) is 71.5 cm³/mol. The van der Waals surface area contributed by atoms with Crippen LogP contribution in [0.1, 0.15) is 6.92 Å². The third-order valence-electron chi connectivity index (χ3n) is 3.42. The normalized spacial score (nSPS) is 26.2. The fourth-order valence-electron chi connectivity index (χ4n) is 2.50. The van der Waals surface area contributed by atoms with E-state index in [1.807, 2.05) is 42.3 Å². The van der Waals surface area contributed by atoms with Gasteiger partial charge in [0.2, 0.25) is 5.91 Å². The summed E-state index contributed by atoms with van der Waals surface area (Å²) in [5.41, 5.74) is 0.906. The Hall–Kier alpha value is -1.39. The first-order chi connectivity index (χ1) is 8.63. The molecule has 4 nitrogen and oxygen atoms in total. The number of hydrogen-bond donors (Lipinski definition) is 1. The van der Waals surface area contributed by atoms with E-state index in [2.05, 4.69) is 6.92 Å². The first kappa shape index (κ1) is 13.1. The Kier molecular flexibility index (Phi) is 3.99. The Bertz CT molecular complexity index is 408. The van der Waals surface area contributed by atoms with Gasteiger partial charge in [-0.05, 0) is 25.1 Å². The largest absolute Gasteiger partial charge is 0.394 e. The maximum atomic E-state index is 12.5. The van der Waals surface area contributed by atoms with E-state index >= 15 is 0 Å². The minimum absolute atomic E-state index is 0.0180. The van der Waals surface area contributed by atoms with E-state index in [1.165, 1.54) is 0 Å². The third-order valence-corrected chi connectivity index (χ3v) is 3.42. The SMILES string of the molecule is CC1CN(c2ccccc2)C(=O)C(CO)N(C)C1. The third kappa shape index (κ3) is 2.54. The average Bonchev–Trinajstić information content (AvgIpc) is 2.47. The minimum atomic E-state index is -0.435. The molecule has 1 aromatic carbocycles. The molecule has 1 aliphatic rings. The number of nitrogens with zero attached hydrogens (tertiary/aromatic N) is 2. The monoisotopic (exact) mass is 248 g/mol. The van der Waals surface area contributed by atoms with E-state index in [0.29, 0.717) is 12.5 Å². The Morgan fingerprint density at radius 1 is 1.28 bits per heavy atom. The van der Waals surface area contributed by atoms with Gasteiger partial charge in [-0.2, -0.15) is 0 Å². The second-order valence-electron chi connectivity index (χ2n) is 5.03. The molecule has 2 unspecified atom stereocenters. The van der Waals surface area contributed by atoms with Crippen LogP contribution in [0.2, 0.25) is 0 Å². The first-order valence-corrected chi connectivity index (χ1v) is 6.31. The van der Waals surface area contributed by atoms with Crippen LogP contribution in [0.25, 0.3) is 0 Å². The summed E-state index contributed by atoms with van der Waals surface area (Å²) in [6, 6.07) is 9.22. The summed E-state index contributed by atoms with van der Waals surface area (Å²) in [5, 5.41) is 9.42. The highest BCUT2D eigenvalue weighted by atomic mass is 16.3. The number of carbonyl (C=O) groups excluding carboxylic acids is 1. The van der Waals surface area contributed by atoms with Gasteiger partial charge < -0.3 is 10.0 Å². The van der Waals surface area contributed by atoms with Crippen LogP contribution in [-0.4, -0.2) is 48.7 Å². The second kappa shape index (κ2) is 5.50. The highest BCUT2D eigenvalue weighted by Crippen LogP contribution is 2.21. The van der Waals surface area contributed by atoms with Crippen LogP contribution in [0.15, 0.2) is 30.3 Å². The molecule has 1 aromatic rings. The summed E-state index contributed by atoms with van der Waals surface area (Å²) in [6.07, 6.45) is 0.